The number of hydrogen-bond donors (Lipinski definition) is 1. The van der Waals surface area contributed by atoms with Gasteiger partial charge in [-0.3, -0.25) is 0 Å². The maximum atomic E-state index is 13.0. The molecule has 110 valence electrons. The third kappa shape index (κ3) is 3.45. The SMILES string of the molecule is C=C(CC)c1ccccc1Nc1ccccc1C(F)(F)F. The van der Waals surface area contributed by atoms with Crippen LogP contribution < -0.4 is 5.32 Å². The molecule has 0 atom stereocenters. The average molecular weight is 291 g/mol. The van der Waals surface area contributed by atoms with E-state index in [9.17, 15) is 13.2 Å². The second-order valence-electron chi connectivity index (χ2n) is 4.67. The van der Waals surface area contributed by atoms with E-state index in [2.05, 4.69) is 11.9 Å². The van der Waals surface area contributed by atoms with E-state index in [-0.39, 0.29) is 5.69 Å². The molecule has 0 aliphatic carbocycles. The minimum Gasteiger partial charge on any atom is -0.355 e. The summed E-state index contributed by atoms with van der Waals surface area (Å²) in [7, 11) is 0. The minimum absolute atomic E-state index is 0.0429. The first-order valence-electron chi connectivity index (χ1n) is 6.64. The van der Waals surface area contributed by atoms with Gasteiger partial charge in [-0.1, -0.05) is 43.8 Å². The number of rotatable bonds is 4. The molecule has 0 bridgehead atoms. The lowest BCUT2D eigenvalue weighted by molar-refractivity contribution is -0.136. The number of alkyl halides is 3. The second-order valence-corrected chi connectivity index (χ2v) is 4.67. The van der Waals surface area contributed by atoms with Gasteiger partial charge in [0.2, 0.25) is 0 Å². The quantitative estimate of drug-likeness (QED) is 0.742. The van der Waals surface area contributed by atoms with Gasteiger partial charge in [0.1, 0.15) is 0 Å². The molecule has 0 unspecified atom stereocenters. The summed E-state index contributed by atoms with van der Waals surface area (Å²) in [5, 5.41) is 2.88. The van der Waals surface area contributed by atoms with E-state index in [0.717, 1.165) is 23.6 Å². The van der Waals surface area contributed by atoms with Gasteiger partial charge >= 0.3 is 6.18 Å². The molecule has 1 nitrogen and oxygen atoms in total. The number of anilines is 2. The number of allylic oxidation sites excluding steroid dienone is 1. The van der Waals surface area contributed by atoms with E-state index in [1.807, 2.05) is 19.1 Å². The molecule has 0 radical (unpaired) electrons. The molecule has 2 aromatic rings. The fourth-order valence-electron chi connectivity index (χ4n) is 2.08. The zero-order chi connectivity index (χ0) is 15.5. The molecule has 0 fully saturated rings. The summed E-state index contributed by atoms with van der Waals surface area (Å²) in [6, 6.07) is 12.7. The highest BCUT2D eigenvalue weighted by Gasteiger charge is 2.33. The molecular weight excluding hydrogens is 275 g/mol. The van der Waals surface area contributed by atoms with E-state index in [0.29, 0.717) is 5.69 Å². The van der Waals surface area contributed by atoms with Crippen LogP contribution in [0.5, 0.6) is 0 Å². The highest BCUT2D eigenvalue weighted by atomic mass is 19.4. The smallest absolute Gasteiger partial charge is 0.355 e. The van der Waals surface area contributed by atoms with Crippen molar-refractivity contribution in [2.45, 2.75) is 19.5 Å². The van der Waals surface area contributed by atoms with Gasteiger partial charge in [0.25, 0.3) is 0 Å². The first-order valence-corrected chi connectivity index (χ1v) is 6.64. The fraction of sp³-hybridized carbons (Fsp3) is 0.176. The largest absolute Gasteiger partial charge is 0.418 e. The lowest BCUT2D eigenvalue weighted by Gasteiger charge is -2.17. The number of nitrogens with one attached hydrogen (secondary N) is 1. The molecule has 0 aliphatic heterocycles. The molecule has 1 N–H and O–H groups in total. The van der Waals surface area contributed by atoms with Crippen molar-refractivity contribution in [2.24, 2.45) is 0 Å². The van der Waals surface area contributed by atoms with Gasteiger partial charge in [0.15, 0.2) is 0 Å². The molecular formula is C17H16F3N. The lowest BCUT2D eigenvalue weighted by Crippen LogP contribution is -2.09. The molecule has 0 spiro atoms. The number of halogens is 3. The molecule has 0 aliphatic rings. The van der Waals surface area contributed by atoms with Gasteiger partial charge in [-0.25, -0.2) is 0 Å². The molecule has 0 saturated heterocycles. The second kappa shape index (κ2) is 6.04. The van der Waals surface area contributed by atoms with Crippen LogP contribution in [0.1, 0.15) is 24.5 Å². The monoisotopic (exact) mass is 291 g/mol. The van der Waals surface area contributed by atoms with Crippen LogP contribution in [-0.2, 0) is 6.18 Å². The van der Waals surface area contributed by atoms with Crippen LogP contribution in [0.2, 0.25) is 0 Å². The van der Waals surface area contributed by atoms with Crippen molar-refractivity contribution in [3.63, 3.8) is 0 Å². The Hall–Kier alpha value is -2.23. The van der Waals surface area contributed by atoms with Crippen molar-refractivity contribution in [1.82, 2.24) is 0 Å². The van der Waals surface area contributed by atoms with Crippen molar-refractivity contribution in [3.8, 4) is 0 Å². The van der Waals surface area contributed by atoms with Gasteiger partial charge in [-0.15, -0.1) is 0 Å². The van der Waals surface area contributed by atoms with Gasteiger partial charge in [-0.2, -0.15) is 13.2 Å². The predicted octanol–water partition coefficient (Wildman–Crippen LogP) is 5.87. The number of hydrogen-bond acceptors (Lipinski definition) is 1. The van der Waals surface area contributed by atoms with Crippen LogP contribution in [0.15, 0.2) is 55.1 Å². The maximum absolute atomic E-state index is 13.0. The van der Waals surface area contributed by atoms with Crippen LogP contribution in [0.3, 0.4) is 0 Å². The van der Waals surface area contributed by atoms with E-state index >= 15 is 0 Å². The number of benzene rings is 2. The van der Waals surface area contributed by atoms with Crippen molar-refractivity contribution in [1.29, 1.82) is 0 Å². The molecule has 0 heterocycles. The van der Waals surface area contributed by atoms with Crippen LogP contribution >= 0.6 is 0 Å². The lowest BCUT2D eigenvalue weighted by atomic mass is 10.0. The summed E-state index contributed by atoms with van der Waals surface area (Å²) >= 11 is 0. The minimum atomic E-state index is -4.39. The molecule has 0 saturated carbocycles. The van der Waals surface area contributed by atoms with Crippen LogP contribution in [0.4, 0.5) is 24.5 Å². The van der Waals surface area contributed by atoms with Crippen LogP contribution in [-0.4, -0.2) is 0 Å². The fourth-order valence-corrected chi connectivity index (χ4v) is 2.08. The Morgan fingerprint density at radius 2 is 1.57 bits per heavy atom. The van der Waals surface area contributed by atoms with Crippen molar-refractivity contribution >= 4 is 16.9 Å². The van der Waals surface area contributed by atoms with Gasteiger partial charge < -0.3 is 5.32 Å². The Morgan fingerprint density at radius 3 is 2.19 bits per heavy atom. The molecule has 0 amide bonds. The van der Waals surface area contributed by atoms with Gasteiger partial charge in [-0.05, 0) is 30.2 Å². The maximum Gasteiger partial charge on any atom is 0.418 e. The summed E-state index contributed by atoms with van der Waals surface area (Å²) in [6.45, 7) is 5.92. The van der Waals surface area contributed by atoms with Crippen molar-refractivity contribution in [2.75, 3.05) is 5.32 Å². The first-order chi connectivity index (χ1) is 9.93. The summed E-state index contributed by atoms with van der Waals surface area (Å²) < 4.78 is 39.1. The molecule has 21 heavy (non-hydrogen) atoms. The summed E-state index contributed by atoms with van der Waals surface area (Å²) in [4.78, 5) is 0. The third-order valence-corrected chi connectivity index (χ3v) is 3.24. The summed E-state index contributed by atoms with van der Waals surface area (Å²) in [5.74, 6) is 0. The summed E-state index contributed by atoms with van der Waals surface area (Å²) in [5.41, 5.74) is 1.70. The van der Waals surface area contributed by atoms with E-state index in [1.165, 1.54) is 12.1 Å². The Labute approximate surface area is 122 Å². The molecule has 2 aromatic carbocycles. The Bertz CT molecular complexity index is 644. The van der Waals surface area contributed by atoms with E-state index in [1.54, 1.807) is 18.2 Å². The normalized spacial score (nSPS) is 11.2. The molecule has 4 heteroatoms. The van der Waals surface area contributed by atoms with Crippen LogP contribution in [0, 0.1) is 0 Å². The highest BCUT2D eigenvalue weighted by molar-refractivity contribution is 5.78. The Morgan fingerprint density at radius 1 is 1.00 bits per heavy atom. The van der Waals surface area contributed by atoms with Crippen LogP contribution in [0.25, 0.3) is 5.57 Å². The van der Waals surface area contributed by atoms with E-state index < -0.39 is 11.7 Å². The average Bonchev–Trinajstić information content (AvgIpc) is 2.46. The standard InChI is InChI=1S/C17H16F3N/c1-3-12(2)13-8-4-6-10-15(13)21-16-11-7-5-9-14(16)17(18,19)20/h4-11,21H,2-3H2,1H3. The first kappa shape index (κ1) is 15.2. The Kier molecular flexibility index (Phi) is 4.36. The topological polar surface area (TPSA) is 12.0 Å². The van der Waals surface area contributed by atoms with Gasteiger partial charge in [0, 0.05) is 11.3 Å². The predicted molar refractivity (Wildman–Crippen MR) is 80.5 cm³/mol. The molecule has 0 aromatic heterocycles. The van der Waals surface area contributed by atoms with Crippen molar-refractivity contribution < 1.29 is 13.2 Å². The zero-order valence-electron chi connectivity index (χ0n) is 11.7. The van der Waals surface area contributed by atoms with E-state index in [4.69, 9.17) is 0 Å². The van der Waals surface area contributed by atoms with Crippen molar-refractivity contribution in [3.05, 3.63) is 66.2 Å². The number of para-hydroxylation sites is 2. The zero-order valence-corrected chi connectivity index (χ0v) is 11.7. The third-order valence-electron chi connectivity index (χ3n) is 3.24. The van der Waals surface area contributed by atoms with Gasteiger partial charge in [0.05, 0.1) is 11.3 Å². The Balaban J connectivity index is 2.43. The highest BCUT2D eigenvalue weighted by Crippen LogP contribution is 2.37. The molecule has 2 rings (SSSR count). The summed E-state index contributed by atoms with van der Waals surface area (Å²) in [6.07, 6.45) is -3.65.